The van der Waals surface area contributed by atoms with Gasteiger partial charge in [0.15, 0.2) is 0 Å². The molecule has 712 valence electrons. The van der Waals surface area contributed by atoms with Crippen molar-refractivity contribution >= 4 is 146 Å². The van der Waals surface area contributed by atoms with Crippen molar-refractivity contribution in [2.45, 2.75) is 221 Å². The summed E-state index contributed by atoms with van der Waals surface area (Å²) < 4.78 is 0. The molecule has 0 radical (unpaired) electrons. The van der Waals surface area contributed by atoms with E-state index in [4.69, 9.17) is 11.5 Å². The van der Waals surface area contributed by atoms with E-state index in [9.17, 15) is 88.2 Å². The molecule has 17 amide bonds. The normalized spacial score (nSPS) is 25.1. The number of thioether (sulfide) groups is 1. The number of hydrogen-bond donors (Lipinski definition) is 20. The number of nitrogens with one attached hydrogen (secondary N) is 12. The van der Waals surface area contributed by atoms with Crippen molar-refractivity contribution < 1.29 is 122 Å². The Morgan fingerprint density at radius 3 is 1.57 bits per heavy atom. The number of H-pyrrole nitrogens is 2. The van der Waals surface area contributed by atoms with Crippen molar-refractivity contribution in [3.63, 3.8) is 0 Å². The van der Waals surface area contributed by atoms with Crippen LogP contribution in [-0.4, -0.2) is 334 Å². The van der Waals surface area contributed by atoms with E-state index in [1.807, 2.05) is 0 Å². The highest BCUT2D eigenvalue weighted by molar-refractivity contribution is 8.00. The highest BCUT2D eigenvalue weighted by Gasteiger charge is 2.47. The Bertz CT molecular complexity index is 4990. The minimum atomic E-state index is -1.98. The lowest BCUT2D eigenvalue weighted by Crippen LogP contribution is -2.62. The molecule has 131 heavy (non-hydrogen) atoms. The fourth-order valence-corrected chi connectivity index (χ4v) is 16.6. The van der Waals surface area contributed by atoms with E-state index >= 15 is 33.6 Å². The molecule has 3 aliphatic rings. The van der Waals surface area contributed by atoms with Gasteiger partial charge in [0.2, 0.25) is 100 Å². The van der Waals surface area contributed by atoms with E-state index in [1.54, 1.807) is 68.6 Å². The predicted molar refractivity (Wildman–Crippen MR) is 470 cm³/mol. The summed E-state index contributed by atoms with van der Waals surface area (Å²) in [4.78, 5) is 282. The van der Waals surface area contributed by atoms with Crippen LogP contribution in [0.25, 0.3) is 21.8 Å². The molecule has 0 spiro atoms. The molecular weight excluding hydrogens is 1730 g/mol. The number of carboxylic acids is 2. The number of carbonyl (C=O) groups excluding carboxylic acids is 17. The fourth-order valence-electron chi connectivity index (χ4n) is 15.7. The Kier molecular flexibility index (Phi) is 38.5. The Balaban J connectivity index is 1.19. The van der Waals surface area contributed by atoms with Gasteiger partial charge in [0, 0.05) is 113 Å². The second-order valence-electron chi connectivity index (χ2n) is 32.6. The first-order valence-electron chi connectivity index (χ1n) is 43.0. The van der Waals surface area contributed by atoms with Gasteiger partial charge in [0.25, 0.3) is 0 Å². The molecule has 44 nitrogen and oxygen atoms in total. The van der Waals surface area contributed by atoms with E-state index < -0.39 is 279 Å². The molecule has 22 N–H and O–H groups in total. The minimum Gasteiger partial charge on any atom is -0.508 e. The lowest BCUT2D eigenvalue weighted by atomic mass is 10.00. The number of benzene rings is 3. The number of likely N-dealkylation sites (N-methyl/N-ethyl adjacent to an activating group) is 3. The maximum atomic E-state index is 15.6. The van der Waals surface area contributed by atoms with Gasteiger partial charge in [-0.2, -0.15) is 0 Å². The Morgan fingerprint density at radius 2 is 0.992 bits per heavy atom. The third kappa shape index (κ3) is 28.6. The number of rotatable bonds is 25. The lowest BCUT2D eigenvalue weighted by Gasteiger charge is -2.36. The van der Waals surface area contributed by atoms with Crippen LogP contribution < -0.4 is 64.6 Å². The smallest absolute Gasteiger partial charge is 0.305 e. The van der Waals surface area contributed by atoms with Gasteiger partial charge >= 0.3 is 11.9 Å². The molecule has 3 aromatic carbocycles. The standard InChI is InChI=1S/C86H117N19O25S/c1-7-9-20-64-79(123)93-55(28-30-71(113)114)75(119)100-63(74(118)91-39-69(88)111)43-131-44-70(112)92-58(32-46-23-25-49(108)26-24-46)82(126)101(4)45(3)73(117)96-60(36-72(115)116)85(129)104-31-15-22-65(104)80(124)99-62(42-107)77(121)94-56(27-29-68(87)110)84(128)105-40-50(109)35-67(105)81(125)95-57(33-47-37-89-53-18-13-11-16-51(47)53)76(120)98-61(41-106)78(122)97-59(34-48-38-90-54-19-14-12-17-52(48)54)83(127)103(6)66(21-10-8-2)86(130)102(64)5/h11-14,16-19,23-26,37-38,45,50,55-67,89-90,106-109H,7-10,15,20-22,27-36,39-44H2,1-6H3,(H2,87,110)(H2,88,111)(H,91,118)(H,92,112)(H,93,123)(H,94,121)(H,95,125)(H,96,117)(H,97,122)(H,98,120)(H,99,124)(H,100,119)(H,113,114)(H,115,116)/t45-,50+,55-,56-,57-,58-,59-,60+,61-,62-,63-,64-,65-,66-,67-/m0/s1. The number of aromatic hydroxyl groups is 1. The van der Waals surface area contributed by atoms with Crippen LogP contribution in [0.15, 0.2) is 85.2 Å². The molecule has 15 atom stereocenters. The van der Waals surface area contributed by atoms with E-state index in [2.05, 4.69) is 63.1 Å². The van der Waals surface area contributed by atoms with Crippen LogP contribution in [0.5, 0.6) is 5.75 Å². The molecule has 5 heterocycles. The van der Waals surface area contributed by atoms with Crippen molar-refractivity contribution in [3.8, 4) is 5.75 Å². The number of phenols is 1. The molecular formula is C86H117N19O25S. The number of nitrogens with zero attached hydrogens (tertiary/aromatic N) is 5. The van der Waals surface area contributed by atoms with Gasteiger partial charge in [-0.05, 0) is 86.4 Å². The lowest BCUT2D eigenvalue weighted by molar-refractivity contribution is -0.149. The molecule has 0 aliphatic carbocycles. The number of primary amides is 2. The number of fused-ring (bicyclic) bond motifs is 4. The topological polar surface area (TPSA) is 666 Å². The van der Waals surface area contributed by atoms with Crippen LogP contribution in [-0.2, 0) is 110 Å². The number of phenolic OH excluding ortho intramolecular Hbond substituents is 1. The van der Waals surface area contributed by atoms with E-state index in [-0.39, 0.29) is 70.1 Å². The number of aliphatic hydroxyl groups excluding tert-OH is 3. The number of amides is 17. The Morgan fingerprint density at radius 1 is 0.496 bits per heavy atom. The van der Waals surface area contributed by atoms with Crippen LogP contribution in [0.4, 0.5) is 0 Å². The van der Waals surface area contributed by atoms with Crippen LogP contribution >= 0.6 is 11.8 Å². The number of unbranched alkanes of at least 4 members (excludes halogenated alkanes) is 2. The van der Waals surface area contributed by atoms with Crippen LogP contribution in [0.3, 0.4) is 0 Å². The number of carbonyl (C=O) groups is 19. The summed E-state index contributed by atoms with van der Waals surface area (Å²) in [6, 6.07) is -4.94. The number of aliphatic hydroxyl groups is 3. The Hall–Kier alpha value is -13.3. The van der Waals surface area contributed by atoms with Gasteiger partial charge in [0.1, 0.15) is 90.3 Å². The van der Waals surface area contributed by atoms with Crippen molar-refractivity contribution in [2.75, 3.05) is 65.5 Å². The third-order valence-corrected chi connectivity index (χ3v) is 24.2. The fraction of sp³-hybridized carbons (Fsp3) is 0.523. The molecule has 5 aromatic rings. The zero-order valence-corrected chi connectivity index (χ0v) is 74.3. The highest BCUT2D eigenvalue weighted by Crippen LogP contribution is 2.28. The maximum absolute atomic E-state index is 15.6. The molecule has 0 saturated carbocycles. The van der Waals surface area contributed by atoms with Gasteiger partial charge < -0.3 is 130 Å². The quantitative estimate of drug-likeness (QED) is 0.0262. The molecule has 45 heteroatoms. The van der Waals surface area contributed by atoms with Crippen LogP contribution in [0.1, 0.15) is 127 Å². The van der Waals surface area contributed by atoms with Gasteiger partial charge in [-0.15, -0.1) is 11.8 Å². The molecule has 3 saturated heterocycles. The summed E-state index contributed by atoms with van der Waals surface area (Å²) in [5.41, 5.74) is 13.3. The van der Waals surface area contributed by atoms with Crippen molar-refractivity contribution in [1.29, 1.82) is 0 Å². The first-order chi connectivity index (χ1) is 62.3. The number of para-hydroxylation sites is 2. The van der Waals surface area contributed by atoms with E-state index in [0.717, 1.165) is 31.5 Å². The number of hydrogen-bond acceptors (Lipinski definition) is 24. The van der Waals surface area contributed by atoms with E-state index in [1.165, 1.54) is 51.5 Å². The maximum Gasteiger partial charge on any atom is 0.305 e. The summed E-state index contributed by atoms with van der Waals surface area (Å²) in [5.74, 6) is -22.6. The average Bonchev–Trinajstić information content (AvgIpc) is 1.80. The minimum absolute atomic E-state index is 0.0676. The molecule has 0 unspecified atom stereocenters. The second-order valence-corrected chi connectivity index (χ2v) is 33.7. The first kappa shape index (κ1) is 103. The summed E-state index contributed by atoms with van der Waals surface area (Å²) >= 11 is 0.678. The molecule has 8 rings (SSSR count). The van der Waals surface area contributed by atoms with Gasteiger partial charge in [-0.3, -0.25) is 91.1 Å². The molecule has 3 fully saturated rings. The second kappa shape index (κ2) is 48.9. The average molecular weight is 1850 g/mol. The van der Waals surface area contributed by atoms with Crippen molar-refractivity contribution in [3.05, 3.63) is 102 Å². The number of aromatic amines is 2. The number of aliphatic carboxylic acids is 2. The summed E-state index contributed by atoms with van der Waals surface area (Å²) in [6.45, 7) is 0.759. The molecule has 2 aromatic heterocycles. The third-order valence-electron chi connectivity index (χ3n) is 23.1. The van der Waals surface area contributed by atoms with Gasteiger partial charge in [0.05, 0.1) is 38.0 Å². The SMILES string of the molecule is CCCC[C@H]1C(=O)N(C)[C@@H](CCCC)C(=O)N[C@@H](CCC(=O)O)C(=O)N[C@H](C(=O)NCC(N)=O)CSCC(=O)N[C@@H](Cc2ccc(O)cc2)C(=O)N(C)[C@@H](C)C(=O)N[C@H](CC(=O)O)C(=O)N2CCC[C@H]2C(=O)N[C@@H](CO)C(=O)N[C@@H](CCC(N)=O)C(=O)N2C[C@H](O)C[C@H]2C(=O)N[C@@H](Cc2c[nH]c3ccccc23)C(=O)N[C@@H](CO)C(=O)N[C@@H](Cc2c[nH]c3ccccc23)C(=O)N1C. The molecule has 3 aliphatic heterocycles. The monoisotopic (exact) mass is 1850 g/mol. The molecule has 0 bridgehead atoms. The summed E-state index contributed by atoms with van der Waals surface area (Å²) in [5, 5.41) is 89.3. The number of nitrogens with two attached hydrogens (primary N) is 2. The van der Waals surface area contributed by atoms with Crippen molar-refractivity contribution in [2.24, 2.45) is 11.5 Å². The number of aromatic nitrogens is 2. The zero-order chi connectivity index (χ0) is 96.2. The summed E-state index contributed by atoms with van der Waals surface area (Å²) in [6.07, 6.45) is -2.49. The zero-order valence-electron chi connectivity index (χ0n) is 73.5. The number of carboxylic acid groups (broad SMARTS) is 2. The van der Waals surface area contributed by atoms with Gasteiger partial charge in [-0.25, -0.2) is 0 Å². The summed E-state index contributed by atoms with van der Waals surface area (Å²) in [7, 11) is 3.69. The first-order valence-corrected chi connectivity index (χ1v) is 44.2. The van der Waals surface area contributed by atoms with Crippen LogP contribution in [0, 0.1) is 0 Å². The predicted octanol–water partition coefficient (Wildman–Crippen LogP) is -4.48. The van der Waals surface area contributed by atoms with E-state index in [0.29, 0.717) is 63.1 Å². The van der Waals surface area contributed by atoms with Crippen LogP contribution in [0.2, 0.25) is 0 Å². The largest absolute Gasteiger partial charge is 0.508 e. The Labute approximate surface area is 757 Å². The highest BCUT2D eigenvalue weighted by atomic mass is 32.2. The van der Waals surface area contributed by atoms with Crippen molar-refractivity contribution in [1.82, 2.24) is 87.6 Å². The van der Waals surface area contributed by atoms with Gasteiger partial charge in [-0.1, -0.05) is 88.1 Å².